The van der Waals surface area contributed by atoms with E-state index in [1.54, 1.807) is 48.5 Å². The van der Waals surface area contributed by atoms with Crippen molar-refractivity contribution >= 4 is 20.9 Å². The summed E-state index contributed by atoms with van der Waals surface area (Å²) in [6.07, 6.45) is 3.48. The summed E-state index contributed by atoms with van der Waals surface area (Å²) in [6.45, 7) is 0.0272. The second-order valence-corrected chi connectivity index (χ2v) is 8.32. The van der Waals surface area contributed by atoms with E-state index in [2.05, 4.69) is 16.9 Å². The Bertz CT molecular complexity index is 1150. The molecule has 3 aromatic rings. The molecule has 1 aliphatic rings. The SMILES string of the molecule is O=S(=O)(c1ccccc1)N(C#CC1CC1)Cc1ccnc2c(F)cccc12. The highest BCUT2D eigenvalue weighted by molar-refractivity contribution is 7.89. The molecule has 0 atom stereocenters. The van der Waals surface area contributed by atoms with Gasteiger partial charge in [0.15, 0.2) is 0 Å². The van der Waals surface area contributed by atoms with Crippen LogP contribution in [0, 0.1) is 23.7 Å². The summed E-state index contributed by atoms with van der Waals surface area (Å²) in [4.78, 5) is 4.25. The summed E-state index contributed by atoms with van der Waals surface area (Å²) >= 11 is 0. The summed E-state index contributed by atoms with van der Waals surface area (Å²) in [5.41, 5.74) is 0.881. The average Bonchev–Trinajstić information content (AvgIpc) is 3.51. The molecule has 4 rings (SSSR count). The Balaban J connectivity index is 1.77. The lowest BCUT2D eigenvalue weighted by Gasteiger charge is -2.19. The van der Waals surface area contributed by atoms with Crippen molar-refractivity contribution in [3.05, 3.63) is 72.2 Å². The smallest absolute Gasteiger partial charge is 0.253 e. The molecular formula is C21H17FN2O2S. The Morgan fingerprint density at radius 1 is 1.07 bits per heavy atom. The fourth-order valence-electron chi connectivity index (χ4n) is 2.79. The number of para-hydroxylation sites is 1. The van der Waals surface area contributed by atoms with Gasteiger partial charge >= 0.3 is 0 Å². The van der Waals surface area contributed by atoms with E-state index in [9.17, 15) is 12.8 Å². The van der Waals surface area contributed by atoms with Gasteiger partial charge in [-0.25, -0.2) is 17.1 Å². The molecule has 1 aliphatic carbocycles. The molecule has 0 saturated heterocycles. The lowest BCUT2D eigenvalue weighted by atomic mass is 10.1. The van der Waals surface area contributed by atoms with Gasteiger partial charge in [-0.1, -0.05) is 36.3 Å². The lowest BCUT2D eigenvalue weighted by molar-refractivity contribution is 0.509. The number of rotatable bonds is 4. The molecule has 0 amide bonds. The van der Waals surface area contributed by atoms with E-state index in [4.69, 9.17) is 0 Å². The zero-order valence-corrected chi connectivity index (χ0v) is 15.3. The van der Waals surface area contributed by atoms with Crippen LogP contribution in [0.1, 0.15) is 18.4 Å². The summed E-state index contributed by atoms with van der Waals surface area (Å²) in [5.74, 6) is 2.84. The van der Waals surface area contributed by atoms with Crippen LogP contribution in [0.2, 0.25) is 0 Å². The van der Waals surface area contributed by atoms with E-state index in [0.717, 1.165) is 17.1 Å². The third kappa shape index (κ3) is 3.64. The summed E-state index contributed by atoms with van der Waals surface area (Å²) < 4.78 is 41.4. The van der Waals surface area contributed by atoms with Crippen LogP contribution in [-0.2, 0) is 16.6 Å². The maximum absolute atomic E-state index is 14.0. The van der Waals surface area contributed by atoms with Crippen LogP contribution in [0.4, 0.5) is 4.39 Å². The number of sulfonamides is 1. The quantitative estimate of drug-likeness (QED) is 0.509. The number of aromatic nitrogens is 1. The predicted molar refractivity (Wildman–Crippen MR) is 101 cm³/mol. The van der Waals surface area contributed by atoms with Gasteiger partial charge in [0.2, 0.25) is 0 Å². The summed E-state index contributed by atoms with van der Waals surface area (Å²) in [7, 11) is -3.80. The molecule has 2 aromatic carbocycles. The number of nitrogens with zero attached hydrogens (tertiary/aromatic N) is 2. The Hall–Kier alpha value is -2.91. The molecule has 1 aromatic heterocycles. The van der Waals surface area contributed by atoms with E-state index in [-0.39, 0.29) is 22.9 Å². The minimum Gasteiger partial charge on any atom is -0.253 e. The topological polar surface area (TPSA) is 50.3 Å². The minimum absolute atomic E-state index is 0.0272. The van der Waals surface area contributed by atoms with Crippen molar-refractivity contribution in [2.45, 2.75) is 24.3 Å². The van der Waals surface area contributed by atoms with E-state index in [0.29, 0.717) is 10.9 Å². The highest BCUT2D eigenvalue weighted by Crippen LogP contribution is 2.28. The van der Waals surface area contributed by atoms with Crippen molar-refractivity contribution in [1.29, 1.82) is 0 Å². The Kier molecular flexibility index (Phi) is 4.54. The summed E-state index contributed by atoms with van der Waals surface area (Å²) in [5, 5.41) is 0.582. The largest absolute Gasteiger partial charge is 0.271 e. The van der Waals surface area contributed by atoms with E-state index >= 15 is 0 Å². The number of halogens is 1. The Labute approximate surface area is 157 Å². The molecule has 0 N–H and O–H groups in total. The first kappa shape index (κ1) is 17.5. The number of benzene rings is 2. The molecule has 0 unspecified atom stereocenters. The number of fused-ring (bicyclic) bond motifs is 1. The monoisotopic (exact) mass is 380 g/mol. The first-order valence-corrected chi connectivity index (χ1v) is 10.1. The van der Waals surface area contributed by atoms with E-state index in [1.165, 1.54) is 12.3 Å². The highest BCUT2D eigenvalue weighted by Gasteiger charge is 2.24. The standard InChI is InChI=1S/C21H17FN2O2S/c22-20-8-4-7-19-17(11-13-23-21(19)20)15-24(14-12-16-9-10-16)27(25,26)18-5-2-1-3-6-18/h1-8,11,13,16H,9-10,15H2. The average molecular weight is 380 g/mol. The number of pyridine rings is 1. The van der Waals surface area contributed by atoms with Crippen LogP contribution in [0.15, 0.2) is 65.7 Å². The van der Waals surface area contributed by atoms with E-state index in [1.807, 2.05) is 0 Å². The van der Waals surface area contributed by atoms with Gasteiger partial charge in [0.1, 0.15) is 11.3 Å². The Morgan fingerprint density at radius 2 is 1.85 bits per heavy atom. The number of hydrogen-bond acceptors (Lipinski definition) is 3. The van der Waals surface area contributed by atoms with Crippen molar-refractivity contribution in [3.8, 4) is 12.0 Å². The maximum Gasteiger partial charge on any atom is 0.271 e. The first-order chi connectivity index (χ1) is 13.1. The van der Waals surface area contributed by atoms with Crippen molar-refractivity contribution < 1.29 is 12.8 Å². The molecule has 1 heterocycles. The highest BCUT2D eigenvalue weighted by atomic mass is 32.2. The second-order valence-electron chi connectivity index (χ2n) is 6.46. The molecule has 0 aliphatic heterocycles. The molecule has 136 valence electrons. The van der Waals surface area contributed by atoms with E-state index < -0.39 is 15.8 Å². The third-order valence-corrected chi connectivity index (χ3v) is 6.10. The van der Waals surface area contributed by atoms with Gasteiger partial charge in [-0.15, -0.1) is 0 Å². The van der Waals surface area contributed by atoms with Crippen molar-refractivity contribution in [2.24, 2.45) is 5.92 Å². The predicted octanol–water partition coefficient (Wildman–Crippen LogP) is 3.94. The van der Waals surface area contributed by atoms with Crippen LogP contribution in [0.25, 0.3) is 10.9 Å². The Morgan fingerprint density at radius 3 is 2.59 bits per heavy atom. The molecule has 0 spiro atoms. The molecule has 0 bridgehead atoms. The molecule has 4 nitrogen and oxygen atoms in total. The fourth-order valence-corrected chi connectivity index (χ4v) is 4.02. The molecule has 1 saturated carbocycles. The molecule has 0 radical (unpaired) electrons. The zero-order chi connectivity index (χ0) is 18.9. The third-order valence-electron chi connectivity index (χ3n) is 4.43. The maximum atomic E-state index is 14.0. The molecule has 6 heteroatoms. The normalized spacial score (nSPS) is 13.8. The van der Waals surface area contributed by atoms with Gasteiger partial charge in [-0.05, 0) is 42.7 Å². The lowest BCUT2D eigenvalue weighted by Crippen LogP contribution is -2.26. The number of hydrogen-bond donors (Lipinski definition) is 0. The van der Waals surface area contributed by atoms with Gasteiger partial charge in [0.25, 0.3) is 10.0 Å². The summed E-state index contributed by atoms with van der Waals surface area (Å²) in [6, 6.07) is 17.4. The van der Waals surface area contributed by atoms with Crippen LogP contribution in [0.5, 0.6) is 0 Å². The van der Waals surface area contributed by atoms with Crippen molar-refractivity contribution in [2.75, 3.05) is 0 Å². The zero-order valence-electron chi connectivity index (χ0n) is 14.5. The van der Waals surface area contributed by atoms with Gasteiger partial charge in [-0.2, -0.15) is 0 Å². The van der Waals surface area contributed by atoms with Crippen LogP contribution in [0.3, 0.4) is 0 Å². The van der Waals surface area contributed by atoms with Gasteiger partial charge in [0.05, 0.1) is 11.4 Å². The fraction of sp³-hybridized carbons (Fsp3) is 0.190. The van der Waals surface area contributed by atoms with Crippen LogP contribution >= 0.6 is 0 Å². The van der Waals surface area contributed by atoms with Crippen molar-refractivity contribution in [1.82, 2.24) is 9.29 Å². The van der Waals surface area contributed by atoms with Crippen LogP contribution < -0.4 is 0 Å². The second kappa shape index (κ2) is 7.01. The molecular weight excluding hydrogens is 363 g/mol. The van der Waals surface area contributed by atoms with Gasteiger partial charge in [-0.3, -0.25) is 4.98 Å². The molecule has 1 fully saturated rings. The first-order valence-electron chi connectivity index (χ1n) is 8.67. The van der Waals surface area contributed by atoms with Crippen molar-refractivity contribution in [3.63, 3.8) is 0 Å². The van der Waals surface area contributed by atoms with Gasteiger partial charge < -0.3 is 0 Å². The van der Waals surface area contributed by atoms with Crippen LogP contribution in [-0.4, -0.2) is 17.7 Å². The van der Waals surface area contributed by atoms with Gasteiger partial charge in [0, 0.05) is 23.5 Å². The minimum atomic E-state index is -3.80. The molecule has 27 heavy (non-hydrogen) atoms.